The fraction of sp³-hybridized carbons (Fsp3) is 0.647. The molecule has 0 aliphatic carbocycles. The largest absolute Gasteiger partial charge is 0.491 e. The van der Waals surface area contributed by atoms with Crippen LogP contribution in [0.4, 0.5) is 5.69 Å². The molecule has 1 aliphatic heterocycles. The average molecular weight is 276 g/mol. The van der Waals surface area contributed by atoms with Gasteiger partial charge in [0, 0.05) is 24.3 Å². The maximum absolute atomic E-state index is 5.71. The Labute approximate surface area is 123 Å². The van der Waals surface area contributed by atoms with Gasteiger partial charge in [-0.15, -0.1) is 0 Å². The topological polar surface area (TPSA) is 24.5 Å². The third kappa shape index (κ3) is 3.26. The van der Waals surface area contributed by atoms with Crippen molar-refractivity contribution in [3.05, 3.63) is 24.3 Å². The Morgan fingerprint density at radius 2 is 1.85 bits per heavy atom. The molecule has 0 radical (unpaired) electrons. The van der Waals surface area contributed by atoms with Crippen LogP contribution < -0.4 is 15.0 Å². The van der Waals surface area contributed by atoms with Gasteiger partial charge in [-0.25, -0.2) is 0 Å². The van der Waals surface area contributed by atoms with Crippen molar-refractivity contribution in [1.82, 2.24) is 5.32 Å². The normalized spacial score (nSPS) is 26.9. The van der Waals surface area contributed by atoms with Crippen LogP contribution in [0.3, 0.4) is 0 Å². The first-order valence-corrected chi connectivity index (χ1v) is 7.73. The number of rotatable bonds is 4. The van der Waals surface area contributed by atoms with Crippen molar-refractivity contribution in [3.63, 3.8) is 0 Å². The Balaban J connectivity index is 2.08. The lowest BCUT2D eigenvalue weighted by Gasteiger charge is -2.44. The van der Waals surface area contributed by atoms with E-state index < -0.39 is 0 Å². The summed E-state index contributed by atoms with van der Waals surface area (Å²) in [6, 6.07) is 9.71. The first-order valence-electron chi connectivity index (χ1n) is 7.73. The predicted molar refractivity (Wildman–Crippen MR) is 85.6 cm³/mol. The minimum Gasteiger partial charge on any atom is -0.491 e. The quantitative estimate of drug-likeness (QED) is 0.913. The van der Waals surface area contributed by atoms with Crippen molar-refractivity contribution in [2.24, 2.45) is 5.92 Å². The van der Waals surface area contributed by atoms with E-state index >= 15 is 0 Å². The Kier molecular flexibility index (Phi) is 4.92. The number of hydrogen-bond donors (Lipinski definition) is 1. The Hall–Kier alpha value is -1.22. The van der Waals surface area contributed by atoms with E-state index in [1.807, 2.05) is 0 Å². The third-order valence-corrected chi connectivity index (χ3v) is 4.48. The van der Waals surface area contributed by atoms with Gasteiger partial charge in [-0.2, -0.15) is 0 Å². The van der Waals surface area contributed by atoms with E-state index in [1.54, 1.807) is 0 Å². The number of nitrogens with zero attached hydrogens (tertiary/aromatic N) is 1. The molecule has 0 amide bonds. The zero-order chi connectivity index (χ0) is 14.7. The molecule has 1 heterocycles. The predicted octanol–water partition coefficient (Wildman–Crippen LogP) is 3.30. The highest BCUT2D eigenvalue weighted by Gasteiger charge is 2.31. The van der Waals surface area contributed by atoms with Gasteiger partial charge in [0.1, 0.15) is 5.75 Å². The molecule has 20 heavy (non-hydrogen) atoms. The van der Waals surface area contributed by atoms with Crippen molar-refractivity contribution in [1.29, 1.82) is 0 Å². The molecule has 1 aromatic rings. The second-order valence-corrected chi connectivity index (χ2v) is 6.14. The van der Waals surface area contributed by atoms with Crippen LogP contribution in [0.25, 0.3) is 0 Å². The highest BCUT2D eigenvalue weighted by Crippen LogP contribution is 2.29. The zero-order valence-electron chi connectivity index (χ0n) is 13.4. The summed E-state index contributed by atoms with van der Waals surface area (Å²) < 4.78 is 5.71. The lowest BCUT2D eigenvalue weighted by Crippen LogP contribution is -2.52. The molecule has 3 heteroatoms. The summed E-state index contributed by atoms with van der Waals surface area (Å²) in [4.78, 5) is 2.51. The lowest BCUT2D eigenvalue weighted by atomic mass is 9.87. The number of hydrogen-bond acceptors (Lipinski definition) is 3. The summed E-state index contributed by atoms with van der Waals surface area (Å²) in [5, 5.41) is 3.44. The van der Waals surface area contributed by atoms with Crippen LogP contribution in [0.1, 0.15) is 34.1 Å². The van der Waals surface area contributed by atoms with Gasteiger partial charge in [-0.1, -0.05) is 6.92 Å². The SMILES string of the molecule is CNC1CCN(c2ccc(OC(C)C)cc2)C(C)C1C. The second kappa shape index (κ2) is 6.49. The van der Waals surface area contributed by atoms with Crippen molar-refractivity contribution >= 4 is 5.69 Å². The van der Waals surface area contributed by atoms with Crippen LogP contribution >= 0.6 is 0 Å². The van der Waals surface area contributed by atoms with E-state index in [1.165, 1.54) is 12.1 Å². The molecule has 0 bridgehead atoms. The van der Waals surface area contributed by atoms with Crippen molar-refractivity contribution in [2.75, 3.05) is 18.5 Å². The number of anilines is 1. The third-order valence-electron chi connectivity index (χ3n) is 4.48. The van der Waals surface area contributed by atoms with Gasteiger partial charge in [0.15, 0.2) is 0 Å². The zero-order valence-corrected chi connectivity index (χ0v) is 13.4. The lowest BCUT2D eigenvalue weighted by molar-refractivity contribution is 0.242. The van der Waals surface area contributed by atoms with Crippen LogP contribution in [0.15, 0.2) is 24.3 Å². The summed E-state index contributed by atoms with van der Waals surface area (Å²) in [7, 11) is 2.07. The fourth-order valence-corrected chi connectivity index (χ4v) is 3.12. The Bertz CT molecular complexity index is 416. The van der Waals surface area contributed by atoms with Crippen LogP contribution in [0.5, 0.6) is 5.75 Å². The fourth-order valence-electron chi connectivity index (χ4n) is 3.12. The van der Waals surface area contributed by atoms with E-state index in [2.05, 4.69) is 69.2 Å². The van der Waals surface area contributed by atoms with Crippen LogP contribution in [-0.4, -0.2) is 31.8 Å². The van der Waals surface area contributed by atoms with Gasteiger partial charge < -0.3 is 15.0 Å². The van der Waals surface area contributed by atoms with Gasteiger partial charge in [-0.05, 0) is 64.4 Å². The number of ether oxygens (including phenoxy) is 1. The molecule has 1 aliphatic rings. The second-order valence-electron chi connectivity index (χ2n) is 6.14. The highest BCUT2D eigenvalue weighted by atomic mass is 16.5. The van der Waals surface area contributed by atoms with Crippen LogP contribution in [0, 0.1) is 5.92 Å². The van der Waals surface area contributed by atoms with E-state index in [0.717, 1.165) is 12.3 Å². The van der Waals surface area contributed by atoms with E-state index in [-0.39, 0.29) is 6.10 Å². The molecule has 3 nitrogen and oxygen atoms in total. The number of benzene rings is 1. The first-order chi connectivity index (χ1) is 9.52. The number of piperidine rings is 1. The molecule has 1 fully saturated rings. The minimum absolute atomic E-state index is 0.228. The standard InChI is InChI=1S/C17H28N2O/c1-12(2)20-16-8-6-15(7-9-16)19-11-10-17(18-5)13(3)14(19)4/h6-9,12-14,17-18H,10-11H2,1-5H3. The van der Waals surface area contributed by atoms with Crippen molar-refractivity contribution in [3.8, 4) is 5.75 Å². The van der Waals surface area contributed by atoms with E-state index in [0.29, 0.717) is 18.0 Å². The Morgan fingerprint density at radius 3 is 2.40 bits per heavy atom. The summed E-state index contributed by atoms with van der Waals surface area (Å²) in [6.45, 7) is 9.89. The summed E-state index contributed by atoms with van der Waals surface area (Å²) in [5.41, 5.74) is 1.30. The van der Waals surface area contributed by atoms with Gasteiger partial charge in [0.2, 0.25) is 0 Å². The van der Waals surface area contributed by atoms with Crippen molar-refractivity contribution in [2.45, 2.75) is 52.3 Å². The van der Waals surface area contributed by atoms with E-state index in [9.17, 15) is 0 Å². The Morgan fingerprint density at radius 1 is 1.20 bits per heavy atom. The van der Waals surface area contributed by atoms with Gasteiger partial charge in [-0.3, -0.25) is 0 Å². The molecule has 0 saturated carbocycles. The van der Waals surface area contributed by atoms with Crippen molar-refractivity contribution < 1.29 is 4.74 Å². The molecular formula is C17H28N2O. The molecule has 0 aromatic heterocycles. The highest BCUT2D eigenvalue weighted by molar-refractivity contribution is 5.50. The molecule has 1 N–H and O–H groups in total. The molecule has 3 unspecified atom stereocenters. The molecule has 0 spiro atoms. The molecule has 1 aromatic carbocycles. The monoisotopic (exact) mass is 276 g/mol. The molecular weight excluding hydrogens is 248 g/mol. The molecule has 2 rings (SSSR count). The maximum atomic E-state index is 5.71. The summed E-state index contributed by atoms with van der Waals surface area (Å²) in [6.07, 6.45) is 1.43. The van der Waals surface area contributed by atoms with Crippen LogP contribution in [-0.2, 0) is 0 Å². The summed E-state index contributed by atoms with van der Waals surface area (Å²) in [5.74, 6) is 1.61. The smallest absolute Gasteiger partial charge is 0.119 e. The van der Waals surface area contributed by atoms with Crippen LogP contribution in [0.2, 0.25) is 0 Å². The molecule has 3 atom stereocenters. The molecule has 112 valence electrons. The maximum Gasteiger partial charge on any atom is 0.119 e. The summed E-state index contributed by atoms with van der Waals surface area (Å²) >= 11 is 0. The number of nitrogens with one attached hydrogen (secondary N) is 1. The minimum atomic E-state index is 0.228. The first kappa shape index (κ1) is 15.2. The van der Waals surface area contributed by atoms with E-state index in [4.69, 9.17) is 4.74 Å². The van der Waals surface area contributed by atoms with Gasteiger partial charge in [0.05, 0.1) is 6.10 Å². The van der Waals surface area contributed by atoms with Gasteiger partial charge >= 0.3 is 0 Å². The van der Waals surface area contributed by atoms with Gasteiger partial charge in [0.25, 0.3) is 0 Å². The average Bonchev–Trinajstić information content (AvgIpc) is 2.42. The molecule has 1 saturated heterocycles.